The molecule has 0 unspecified atom stereocenters. The molecule has 3 rings (SSSR count). The molecule has 9 heteroatoms. The lowest BCUT2D eigenvalue weighted by atomic mass is 9.99. The first-order chi connectivity index (χ1) is 17.6. The maximum atomic E-state index is 12.8. The van der Waals surface area contributed by atoms with Gasteiger partial charge in [0.15, 0.2) is 0 Å². The summed E-state index contributed by atoms with van der Waals surface area (Å²) >= 11 is 0. The number of nitrogens with zero attached hydrogens (tertiary/aromatic N) is 1. The van der Waals surface area contributed by atoms with Gasteiger partial charge in [0.2, 0.25) is 5.91 Å². The van der Waals surface area contributed by atoms with Crippen LogP contribution in [0.5, 0.6) is 0 Å². The number of carbonyl (C=O) groups is 2. The van der Waals surface area contributed by atoms with E-state index in [1.807, 2.05) is 57.3 Å². The number of anilines is 2. The monoisotopic (exact) mass is 505 g/mol. The zero-order valence-electron chi connectivity index (χ0n) is 22.4. The van der Waals surface area contributed by atoms with Crippen molar-refractivity contribution in [2.45, 2.75) is 33.6 Å². The summed E-state index contributed by atoms with van der Waals surface area (Å²) in [5.41, 5.74) is 18.7. The lowest BCUT2D eigenvalue weighted by Crippen LogP contribution is -2.36. The summed E-state index contributed by atoms with van der Waals surface area (Å²) in [5, 5.41) is 12.6. The number of nitrogens with one attached hydrogen (secondary N) is 4. The number of hydrogen-bond donors (Lipinski definition) is 6. The third-order valence-corrected chi connectivity index (χ3v) is 6.35. The Bertz CT molecular complexity index is 1200. The molecule has 0 atom stereocenters. The van der Waals surface area contributed by atoms with Crippen LogP contribution in [-0.4, -0.2) is 43.9 Å². The molecule has 9 nitrogen and oxygen atoms in total. The Morgan fingerprint density at radius 2 is 1.92 bits per heavy atom. The summed E-state index contributed by atoms with van der Waals surface area (Å²) in [6.07, 6.45) is 9.23. The van der Waals surface area contributed by atoms with Gasteiger partial charge < -0.3 is 37.6 Å². The van der Waals surface area contributed by atoms with Gasteiger partial charge >= 0.3 is 0 Å². The fourth-order valence-corrected chi connectivity index (χ4v) is 3.94. The summed E-state index contributed by atoms with van der Waals surface area (Å²) < 4.78 is 0. The van der Waals surface area contributed by atoms with Gasteiger partial charge in [-0.2, -0.15) is 0 Å². The molecular weight excluding hydrogens is 466 g/mol. The normalized spacial score (nSPS) is 16.6. The second kappa shape index (κ2) is 12.2. The summed E-state index contributed by atoms with van der Waals surface area (Å²) in [5.74, 6) is 0.180. The largest absolute Gasteiger partial charge is 0.401 e. The fraction of sp³-hybridized carbons (Fsp3) is 0.357. The first kappa shape index (κ1) is 27.4. The number of amides is 2. The number of nitrogens with two attached hydrogens (primary N) is 2. The van der Waals surface area contributed by atoms with Crippen LogP contribution in [0.2, 0.25) is 0 Å². The standard InChI is InChI=1S/C28H39N7O2/c1-6-17(2)16-35(5)28(37)23-13-12-20(15-32-23)21-8-7-9-22(26(21)31-4)33-24(18(3)29)14-25(30)34-27(36)19-10-11-19/h6-9,12-14,19,31-33H,10-11,15-16,29-30H2,1-5H3,(H,34,36)/b17-6+,24-18+,25-14+. The van der Waals surface area contributed by atoms with E-state index in [4.69, 9.17) is 11.5 Å². The SMILES string of the molecule is C/C=C(\C)CN(C)C(=O)C1=CC=C(c2cccc(NC(/C=C(\N)NC(=O)C3CC3)=C(\C)N)c2NC)CN1. The average molecular weight is 506 g/mol. The van der Waals surface area contributed by atoms with Gasteiger partial charge in [-0.1, -0.05) is 29.9 Å². The molecular formula is C28H39N7O2. The van der Waals surface area contributed by atoms with E-state index < -0.39 is 0 Å². The highest BCUT2D eigenvalue weighted by Crippen LogP contribution is 2.33. The van der Waals surface area contributed by atoms with Gasteiger partial charge in [-0.3, -0.25) is 9.59 Å². The highest BCUT2D eigenvalue weighted by Gasteiger charge is 2.29. The average Bonchev–Trinajstić information content (AvgIpc) is 3.73. The molecule has 1 heterocycles. The number of allylic oxidation sites excluding steroid dienone is 5. The summed E-state index contributed by atoms with van der Waals surface area (Å²) in [4.78, 5) is 26.6. The number of carbonyl (C=O) groups excluding carboxylic acids is 2. The molecule has 2 aliphatic rings. The second-order valence-electron chi connectivity index (χ2n) is 9.49. The molecule has 37 heavy (non-hydrogen) atoms. The van der Waals surface area contributed by atoms with Gasteiger partial charge in [-0.15, -0.1) is 0 Å². The molecule has 0 radical (unpaired) electrons. The van der Waals surface area contributed by atoms with Gasteiger partial charge in [-0.05, 0) is 51.3 Å². The first-order valence-corrected chi connectivity index (χ1v) is 12.5. The molecule has 2 amide bonds. The van der Waals surface area contributed by atoms with Crippen molar-refractivity contribution in [3.63, 3.8) is 0 Å². The van der Waals surface area contributed by atoms with Crippen molar-refractivity contribution in [3.05, 3.63) is 76.6 Å². The quantitative estimate of drug-likeness (QED) is 0.212. The molecule has 0 bridgehead atoms. The highest BCUT2D eigenvalue weighted by molar-refractivity contribution is 5.95. The van der Waals surface area contributed by atoms with E-state index in [1.54, 1.807) is 24.9 Å². The van der Waals surface area contributed by atoms with Crippen LogP contribution in [-0.2, 0) is 9.59 Å². The van der Waals surface area contributed by atoms with Gasteiger partial charge in [-0.25, -0.2) is 0 Å². The van der Waals surface area contributed by atoms with Gasteiger partial charge in [0.25, 0.3) is 5.91 Å². The number of likely N-dealkylation sites (N-methyl/N-ethyl adjacent to an activating group) is 1. The van der Waals surface area contributed by atoms with Gasteiger partial charge in [0.05, 0.1) is 17.1 Å². The van der Waals surface area contributed by atoms with Crippen molar-refractivity contribution in [1.29, 1.82) is 0 Å². The first-order valence-electron chi connectivity index (χ1n) is 12.5. The maximum Gasteiger partial charge on any atom is 0.269 e. The van der Waals surface area contributed by atoms with Crippen LogP contribution in [0.1, 0.15) is 39.2 Å². The topological polar surface area (TPSA) is 138 Å². The molecule has 1 aromatic rings. The van der Waals surface area contributed by atoms with Crippen LogP contribution in [0, 0.1) is 5.92 Å². The van der Waals surface area contributed by atoms with Gasteiger partial charge in [0.1, 0.15) is 11.5 Å². The number of dihydropyridines is 1. The Morgan fingerprint density at radius 1 is 1.19 bits per heavy atom. The highest BCUT2D eigenvalue weighted by atomic mass is 16.2. The van der Waals surface area contributed by atoms with Crippen molar-refractivity contribution in [3.8, 4) is 0 Å². The van der Waals surface area contributed by atoms with Crippen molar-refractivity contribution < 1.29 is 9.59 Å². The lowest BCUT2D eigenvalue weighted by Gasteiger charge is -2.24. The smallest absolute Gasteiger partial charge is 0.269 e. The van der Waals surface area contributed by atoms with Crippen LogP contribution in [0.15, 0.2) is 71.0 Å². The van der Waals surface area contributed by atoms with Crippen LogP contribution in [0.25, 0.3) is 5.57 Å². The third-order valence-electron chi connectivity index (χ3n) is 6.35. The van der Waals surface area contributed by atoms with E-state index in [9.17, 15) is 9.59 Å². The van der Waals surface area contributed by atoms with E-state index in [2.05, 4.69) is 21.3 Å². The van der Waals surface area contributed by atoms with Gasteiger partial charge in [0, 0.05) is 50.4 Å². The Labute approximate surface area is 219 Å². The predicted molar refractivity (Wildman–Crippen MR) is 151 cm³/mol. The molecule has 198 valence electrons. The third kappa shape index (κ3) is 7.19. The molecule has 0 aromatic heterocycles. The van der Waals surface area contributed by atoms with Crippen LogP contribution in [0.4, 0.5) is 11.4 Å². The second-order valence-corrected chi connectivity index (χ2v) is 9.49. The number of hydrogen-bond acceptors (Lipinski definition) is 7. The van der Waals surface area contributed by atoms with Crippen molar-refractivity contribution in [2.24, 2.45) is 17.4 Å². The van der Waals surface area contributed by atoms with E-state index in [-0.39, 0.29) is 23.6 Å². The Kier molecular flexibility index (Phi) is 9.05. The maximum absolute atomic E-state index is 12.8. The Hall–Kier alpha value is -4.14. The predicted octanol–water partition coefficient (Wildman–Crippen LogP) is 2.95. The lowest BCUT2D eigenvalue weighted by molar-refractivity contribution is -0.126. The van der Waals surface area contributed by atoms with Crippen LogP contribution >= 0.6 is 0 Å². The minimum Gasteiger partial charge on any atom is -0.401 e. The van der Waals surface area contributed by atoms with Crippen LogP contribution in [0.3, 0.4) is 0 Å². The number of rotatable bonds is 10. The van der Waals surface area contributed by atoms with Crippen molar-refractivity contribution in [1.82, 2.24) is 15.5 Å². The van der Waals surface area contributed by atoms with E-state index in [0.29, 0.717) is 30.2 Å². The molecule has 0 saturated heterocycles. The van der Waals surface area contributed by atoms with E-state index in [1.165, 1.54) is 0 Å². The number of benzene rings is 1. The molecule has 8 N–H and O–H groups in total. The summed E-state index contributed by atoms with van der Waals surface area (Å²) in [6, 6.07) is 5.90. The zero-order valence-corrected chi connectivity index (χ0v) is 22.4. The number of para-hydroxylation sites is 1. The molecule has 1 aliphatic carbocycles. The summed E-state index contributed by atoms with van der Waals surface area (Å²) in [7, 11) is 3.65. The minimum absolute atomic E-state index is 0.0490. The summed E-state index contributed by atoms with van der Waals surface area (Å²) in [6.45, 7) is 6.83. The zero-order chi connectivity index (χ0) is 27.1. The molecule has 1 fully saturated rings. The molecule has 1 aromatic carbocycles. The molecule has 0 spiro atoms. The van der Waals surface area contributed by atoms with E-state index in [0.717, 1.165) is 40.9 Å². The van der Waals surface area contributed by atoms with E-state index >= 15 is 0 Å². The molecule has 1 saturated carbocycles. The fourth-order valence-electron chi connectivity index (χ4n) is 3.94. The Morgan fingerprint density at radius 3 is 2.49 bits per heavy atom. The van der Waals surface area contributed by atoms with Crippen molar-refractivity contribution >= 4 is 28.8 Å². The molecule has 1 aliphatic heterocycles. The minimum atomic E-state index is -0.0634. The Balaban J connectivity index is 1.82. The van der Waals surface area contributed by atoms with Crippen molar-refractivity contribution in [2.75, 3.05) is 37.8 Å². The van der Waals surface area contributed by atoms with Crippen LogP contribution < -0.4 is 32.7 Å².